The summed E-state index contributed by atoms with van der Waals surface area (Å²) in [6, 6.07) is 10.6. The zero-order valence-corrected chi connectivity index (χ0v) is 17.7. The average molecular weight is 426 g/mol. The standard InChI is InChI=1S/C23H27FN4O3/c1-23(2,12-28-8-7-15(24)11-28)13-31-16-3-5-18-14(9-16)10-20(26-18)17-4-6-19(21(25)29)27-22(17)30/h3-6,9-10,15,26H,7-8,11-13H2,1-2H3,(H2,25,29)(H,27,30)/t15-/m0/s1. The molecule has 0 radical (unpaired) electrons. The molecule has 0 aliphatic carbocycles. The number of benzene rings is 1. The molecule has 1 aliphatic heterocycles. The molecule has 1 saturated heterocycles. The lowest BCUT2D eigenvalue weighted by atomic mass is 9.94. The summed E-state index contributed by atoms with van der Waals surface area (Å²) in [6.07, 6.45) is -0.113. The van der Waals surface area contributed by atoms with Crippen LogP contribution >= 0.6 is 0 Å². The van der Waals surface area contributed by atoms with Crippen molar-refractivity contribution in [3.63, 3.8) is 0 Å². The maximum absolute atomic E-state index is 13.4. The van der Waals surface area contributed by atoms with Crippen LogP contribution in [0.3, 0.4) is 0 Å². The number of carbonyl (C=O) groups excluding carboxylic acids is 1. The van der Waals surface area contributed by atoms with Gasteiger partial charge in [-0.3, -0.25) is 14.5 Å². The van der Waals surface area contributed by atoms with E-state index in [1.54, 1.807) is 6.07 Å². The fourth-order valence-electron chi connectivity index (χ4n) is 4.03. The minimum absolute atomic E-state index is 0.0686. The number of nitrogens with one attached hydrogen (secondary N) is 2. The van der Waals surface area contributed by atoms with Crippen molar-refractivity contribution >= 4 is 16.8 Å². The third-order valence-electron chi connectivity index (χ3n) is 5.55. The van der Waals surface area contributed by atoms with Crippen molar-refractivity contribution < 1.29 is 13.9 Å². The van der Waals surface area contributed by atoms with E-state index in [2.05, 4.69) is 28.7 Å². The van der Waals surface area contributed by atoms with E-state index < -0.39 is 17.6 Å². The van der Waals surface area contributed by atoms with Gasteiger partial charge >= 0.3 is 0 Å². The number of carbonyl (C=O) groups is 1. The molecular formula is C23H27FN4O3. The first-order chi connectivity index (χ1) is 14.7. The number of aromatic amines is 2. The second kappa shape index (κ2) is 8.19. The SMILES string of the molecule is CC(C)(COc1ccc2[nH]c(-c3ccc(C(N)=O)[nH]c3=O)cc2c1)CN1CC[C@H](F)C1. The molecule has 4 rings (SSSR count). The molecule has 0 spiro atoms. The van der Waals surface area contributed by atoms with E-state index in [0.29, 0.717) is 30.8 Å². The summed E-state index contributed by atoms with van der Waals surface area (Å²) in [5.74, 6) is 0.0492. The molecule has 1 aliphatic rings. The summed E-state index contributed by atoms with van der Waals surface area (Å²) < 4.78 is 19.5. The number of amides is 1. The topological polar surface area (TPSA) is 104 Å². The zero-order chi connectivity index (χ0) is 22.2. The van der Waals surface area contributed by atoms with Gasteiger partial charge in [-0.25, -0.2) is 4.39 Å². The molecule has 3 aromatic rings. The predicted molar refractivity (Wildman–Crippen MR) is 118 cm³/mol. The Morgan fingerprint density at radius 1 is 1.26 bits per heavy atom. The first-order valence-corrected chi connectivity index (χ1v) is 10.4. The molecule has 0 bridgehead atoms. The maximum atomic E-state index is 13.4. The van der Waals surface area contributed by atoms with Crippen LogP contribution in [0, 0.1) is 5.41 Å². The Bertz CT molecular complexity index is 1170. The molecule has 0 saturated carbocycles. The van der Waals surface area contributed by atoms with Gasteiger partial charge in [-0.05, 0) is 42.8 Å². The number of halogens is 1. The van der Waals surface area contributed by atoms with Gasteiger partial charge in [0.25, 0.3) is 11.5 Å². The van der Waals surface area contributed by atoms with Crippen molar-refractivity contribution in [2.75, 3.05) is 26.2 Å². The van der Waals surface area contributed by atoms with Crippen LogP contribution < -0.4 is 16.0 Å². The van der Waals surface area contributed by atoms with Gasteiger partial charge in [0, 0.05) is 36.0 Å². The molecule has 1 atom stereocenters. The second-order valence-electron chi connectivity index (χ2n) is 8.99. The zero-order valence-electron chi connectivity index (χ0n) is 17.7. The van der Waals surface area contributed by atoms with Crippen LogP contribution in [0.1, 0.15) is 30.8 Å². The second-order valence-corrected chi connectivity index (χ2v) is 8.99. The number of ether oxygens (including phenoxy) is 1. The largest absolute Gasteiger partial charge is 0.493 e. The molecule has 7 nitrogen and oxygen atoms in total. The number of primary amides is 1. The number of H-pyrrole nitrogens is 2. The van der Waals surface area contributed by atoms with Gasteiger partial charge in [0.05, 0.1) is 17.9 Å². The lowest BCUT2D eigenvalue weighted by molar-refractivity contribution is 0.0995. The highest BCUT2D eigenvalue weighted by Crippen LogP contribution is 2.28. The minimum atomic E-state index is -0.721. The highest BCUT2D eigenvalue weighted by atomic mass is 19.1. The average Bonchev–Trinajstić information content (AvgIpc) is 3.31. The van der Waals surface area contributed by atoms with Gasteiger partial charge in [-0.2, -0.15) is 0 Å². The number of hydrogen-bond acceptors (Lipinski definition) is 4. The van der Waals surface area contributed by atoms with Gasteiger partial charge in [-0.1, -0.05) is 13.8 Å². The number of hydrogen-bond donors (Lipinski definition) is 3. The molecule has 4 N–H and O–H groups in total. The first kappa shape index (κ1) is 21.1. The third-order valence-corrected chi connectivity index (χ3v) is 5.55. The third kappa shape index (κ3) is 4.80. The molecular weight excluding hydrogens is 399 g/mol. The highest BCUT2D eigenvalue weighted by molar-refractivity contribution is 5.91. The van der Waals surface area contributed by atoms with Crippen molar-refractivity contribution in [3.8, 4) is 17.0 Å². The van der Waals surface area contributed by atoms with Gasteiger partial charge in [-0.15, -0.1) is 0 Å². The van der Waals surface area contributed by atoms with Crippen molar-refractivity contribution in [1.29, 1.82) is 0 Å². The van der Waals surface area contributed by atoms with E-state index in [4.69, 9.17) is 10.5 Å². The Labute approximate surface area is 179 Å². The van der Waals surface area contributed by atoms with Gasteiger partial charge in [0.15, 0.2) is 0 Å². The maximum Gasteiger partial charge on any atom is 0.265 e. The van der Waals surface area contributed by atoms with E-state index in [1.165, 1.54) is 6.07 Å². The van der Waals surface area contributed by atoms with Crippen LogP contribution in [0.2, 0.25) is 0 Å². The number of aromatic nitrogens is 2. The molecule has 1 aromatic carbocycles. The summed E-state index contributed by atoms with van der Waals surface area (Å²) in [6.45, 7) is 6.83. The fourth-order valence-corrected chi connectivity index (χ4v) is 4.03. The normalized spacial score (nSPS) is 17.3. The number of likely N-dealkylation sites (tertiary alicyclic amines) is 1. The Balaban J connectivity index is 1.48. The molecule has 8 heteroatoms. The summed E-state index contributed by atoms with van der Waals surface area (Å²) in [5, 5.41) is 0.906. The molecule has 3 heterocycles. The summed E-state index contributed by atoms with van der Waals surface area (Å²) in [4.78, 5) is 31.4. The number of rotatable bonds is 7. The highest BCUT2D eigenvalue weighted by Gasteiger charge is 2.28. The summed E-state index contributed by atoms with van der Waals surface area (Å²) in [7, 11) is 0. The van der Waals surface area contributed by atoms with Crippen molar-refractivity contribution in [1.82, 2.24) is 14.9 Å². The summed E-state index contributed by atoms with van der Waals surface area (Å²) >= 11 is 0. The predicted octanol–water partition coefficient (Wildman–Crippen LogP) is 3.07. The van der Waals surface area contributed by atoms with Crippen LogP contribution in [0.5, 0.6) is 5.75 Å². The lowest BCUT2D eigenvalue weighted by Crippen LogP contribution is -2.36. The number of pyridine rings is 1. The van der Waals surface area contributed by atoms with Crippen molar-refractivity contribution in [2.24, 2.45) is 11.1 Å². The van der Waals surface area contributed by atoms with Gasteiger partial charge < -0.3 is 20.4 Å². The number of alkyl halides is 1. The molecule has 31 heavy (non-hydrogen) atoms. The van der Waals surface area contributed by atoms with Crippen molar-refractivity contribution in [2.45, 2.75) is 26.4 Å². The van der Waals surface area contributed by atoms with Crippen LogP contribution in [0.4, 0.5) is 4.39 Å². The van der Waals surface area contributed by atoms with Crippen LogP contribution in [0.25, 0.3) is 22.2 Å². The first-order valence-electron chi connectivity index (χ1n) is 10.4. The van der Waals surface area contributed by atoms with E-state index in [1.807, 2.05) is 24.3 Å². The number of fused-ring (bicyclic) bond motifs is 1. The molecule has 2 aromatic heterocycles. The molecule has 1 fully saturated rings. The van der Waals surface area contributed by atoms with Crippen molar-refractivity contribution in [3.05, 3.63) is 52.4 Å². The monoisotopic (exact) mass is 426 g/mol. The van der Waals surface area contributed by atoms with E-state index in [0.717, 1.165) is 29.7 Å². The minimum Gasteiger partial charge on any atom is -0.493 e. The number of nitrogens with two attached hydrogens (primary N) is 1. The molecule has 1 amide bonds. The van der Waals surface area contributed by atoms with E-state index in [9.17, 15) is 14.0 Å². The lowest BCUT2D eigenvalue weighted by Gasteiger charge is -2.29. The molecule has 164 valence electrons. The smallest absolute Gasteiger partial charge is 0.265 e. The van der Waals surface area contributed by atoms with Crippen LogP contribution in [-0.2, 0) is 0 Å². The fraction of sp³-hybridized carbons (Fsp3) is 0.391. The Hall–Kier alpha value is -3.13. The molecule has 0 unspecified atom stereocenters. The van der Waals surface area contributed by atoms with Gasteiger partial charge in [0.2, 0.25) is 0 Å². The van der Waals surface area contributed by atoms with E-state index in [-0.39, 0.29) is 11.1 Å². The van der Waals surface area contributed by atoms with Crippen LogP contribution in [0.15, 0.2) is 41.2 Å². The quantitative estimate of drug-likeness (QED) is 0.540. The summed E-state index contributed by atoms with van der Waals surface area (Å²) in [5.41, 5.74) is 6.70. The Morgan fingerprint density at radius 2 is 2.06 bits per heavy atom. The van der Waals surface area contributed by atoms with Gasteiger partial charge in [0.1, 0.15) is 17.6 Å². The van der Waals surface area contributed by atoms with E-state index >= 15 is 0 Å². The number of nitrogens with zero attached hydrogens (tertiary/aromatic N) is 1. The Kier molecular flexibility index (Phi) is 5.58. The van der Waals surface area contributed by atoms with Crippen LogP contribution in [-0.4, -0.2) is 53.2 Å². The Morgan fingerprint density at radius 3 is 2.74 bits per heavy atom.